The molecule has 7 nitrogen and oxygen atoms in total. The summed E-state index contributed by atoms with van der Waals surface area (Å²) in [5.41, 5.74) is 2.95. The Balaban J connectivity index is 1.25. The van der Waals surface area contributed by atoms with E-state index in [9.17, 15) is 9.18 Å². The third kappa shape index (κ3) is 3.58. The van der Waals surface area contributed by atoms with Gasteiger partial charge in [0.1, 0.15) is 17.4 Å². The largest absolute Gasteiger partial charge is 0.496 e. The number of halogens is 1. The number of ether oxygens (including phenoxy) is 1. The molecule has 2 aromatic heterocycles. The smallest absolute Gasteiger partial charge is 0.260 e. The molecule has 8 heteroatoms. The Morgan fingerprint density at radius 2 is 1.85 bits per heavy atom. The molecule has 0 atom stereocenters. The van der Waals surface area contributed by atoms with Crippen molar-refractivity contribution in [2.75, 3.05) is 43.1 Å². The number of benzene rings is 1. The Labute approximate surface area is 197 Å². The van der Waals surface area contributed by atoms with Crippen molar-refractivity contribution in [3.8, 4) is 17.0 Å². The van der Waals surface area contributed by atoms with Gasteiger partial charge in [-0.15, -0.1) is 0 Å². The van der Waals surface area contributed by atoms with Gasteiger partial charge in [-0.3, -0.25) is 19.6 Å². The van der Waals surface area contributed by atoms with Crippen LogP contribution in [0.5, 0.6) is 5.75 Å². The molecular weight excluding hydrogens is 433 g/mol. The van der Waals surface area contributed by atoms with Gasteiger partial charge < -0.3 is 9.64 Å². The molecule has 0 unspecified atom stereocenters. The minimum atomic E-state index is -0.435. The lowest BCUT2D eigenvalue weighted by atomic mass is 10.0. The van der Waals surface area contributed by atoms with Crippen molar-refractivity contribution in [3.05, 3.63) is 65.7 Å². The van der Waals surface area contributed by atoms with Crippen molar-refractivity contribution < 1.29 is 13.9 Å². The first kappa shape index (κ1) is 21.0. The van der Waals surface area contributed by atoms with Gasteiger partial charge in [-0.05, 0) is 43.2 Å². The number of carbonyl (C=O) groups excluding carboxylic acids is 1. The molecule has 1 amide bonds. The highest BCUT2D eigenvalue weighted by Crippen LogP contribution is 2.38. The molecule has 0 radical (unpaired) electrons. The van der Waals surface area contributed by atoms with E-state index >= 15 is 0 Å². The Hall–Kier alpha value is -3.52. The van der Waals surface area contributed by atoms with E-state index in [-0.39, 0.29) is 18.0 Å². The molecule has 0 spiro atoms. The number of piperazine rings is 1. The monoisotopic (exact) mass is 459 g/mol. The molecule has 2 aliphatic heterocycles. The van der Waals surface area contributed by atoms with E-state index in [2.05, 4.69) is 19.8 Å². The number of hydrogen-bond donors (Lipinski definition) is 0. The summed E-state index contributed by atoms with van der Waals surface area (Å²) in [6.45, 7) is 4.43. The highest BCUT2D eigenvalue weighted by atomic mass is 19.1. The molecule has 174 valence electrons. The maximum Gasteiger partial charge on any atom is 0.260 e. The Kier molecular flexibility index (Phi) is 5.17. The van der Waals surface area contributed by atoms with Crippen molar-refractivity contribution >= 4 is 17.4 Å². The molecule has 0 bridgehead atoms. The molecule has 3 aromatic rings. The third-order valence-corrected chi connectivity index (χ3v) is 7.03. The van der Waals surface area contributed by atoms with Crippen molar-refractivity contribution in [2.45, 2.75) is 25.4 Å². The molecule has 1 saturated heterocycles. The number of hydrogen-bond acceptors (Lipinski definition) is 6. The fourth-order valence-electron chi connectivity index (χ4n) is 5.04. The van der Waals surface area contributed by atoms with Crippen LogP contribution in [0.4, 0.5) is 15.9 Å². The van der Waals surface area contributed by atoms with E-state index in [1.165, 1.54) is 26.0 Å². The predicted molar refractivity (Wildman–Crippen MR) is 128 cm³/mol. The summed E-state index contributed by atoms with van der Waals surface area (Å²) in [7, 11) is 1.50. The molecule has 34 heavy (non-hydrogen) atoms. The molecule has 3 aliphatic rings. The first-order valence-electron chi connectivity index (χ1n) is 11.7. The molecule has 0 N–H and O–H groups in total. The van der Waals surface area contributed by atoms with Gasteiger partial charge in [0, 0.05) is 49.5 Å². The molecule has 1 saturated carbocycles. The van der Waals surface area contributed by atoms with Gasteiger partial charge in [0.2, 0.25) is 0 Å². The van der Waals surface area contributed by atoms with E-state index < -0.39 is 5.82 Å². The summed E-state index contributed by atoms with van der Waals surface area (Å²) in [5, 5.41) is 0. The molecule has 1 aromatic carbocycles. The number of methoxy groups -OCH3 is 1. The van der Waals surface area contributed by atoms with Gasteiger partial charge in [0.05, 0.1) is 36.8 Å². The number of pyridine rings is 2. The van der Waals surface area contributed by atoms with Crippen LogP contribution >= 0.6 is 0 Å². The number of fused-ring (bicyclic) bond motifs is 1. The second-order valence-corrected chi connectivity index (χ2v) is 9.02. The zero-order valence-electron chi connectivity index (χ0n) is 19.1. The summed E-state index contributed by atoms with van der Waals surface area (Å²) < 4.78 is 20.1. The number of anilines is 2. The van der Waals surface area contributed by atoms with Crippen LogP contribution in [0, 0.1) is 5.82 Å². The van der Waals surface area contributed by atoms with Crippen molar-refractivity contribution in [1.82, 2.24) is 14.9 Å². The van der Waals surface area contributed by atoms with Crippen LogP contribution < -0.4 is 14.5 Å². The minimum Gasteiger partial charge on any atom is -0.496 e. The maximum atomic E-state index is 14.8. The van der Waals surface area contributed by atoms with Crippen LogP contribution in [0.2, 0.25) is 0 Å². The van der Waals surface area contributed by atoms with Gasteiger partial charge in [0.25, 0.3) is 5.91 Å². The summed E-state index contributed by atoms with van der Waals surface area (Å²) in [4.78, 5) is 28.8. The highest BCUT2D eigenvalue weighted by Gasteiger charge is 2.34. The second kappa shape index (κ2) is 8.36. The lowest BCUT2D eigenvalue weighted by Crippen LogP contribution is -2.47. The van der Waals surface area contributed by atoms with Gasteiger partial charge in [-0.1, -0.05) is 6.07 Å². The second-order valence-electron chi connectivity index (χ2n) is 9.02. The first-order chi connectivity index (χ1) is 16.6. The number of amides is 1. The number of nitrogens with zero attached hydrogens (tertiary/aromatic N) is 5. The number of aromatic nitrogens is 2. The summed E-state index contributed by atoms with van der Waals surface area (Å²) in [6.07, 6.45) is 6.06. The molecule has 6 rings (SSSR count). The van der Waals surface area contributed by atoms with E-state index in [4.69, 9.17) is 4.74 Å². The van der Waals surface area contributed by atoms with Crippen LogP contribution in [0.15, 0.2) is 48.8 Å². The molecule has 4 heterocycles. The lowest BCUT2D eigenvalue weighted by Gasteiger charge is -2.36. The van der Waals surface area contributed by atoms with Gasteiger partial charge >= 0.3 is 0 Å². The minimum absolute atomic E-state index is 0.160. The average Bonchev–Trinajstić information content (AvgIpc) is 3.67. The standard InChI is InChI=1S/C26H26FN5O2/c1-34-22-4-2-3-21(27)24(22)25-20-16-32(26(33)19(20)9-10-28-25)23-8-7-18(15-29-23)31-13-11-30(12-14-31)17-5-6-17/h2-4,7-10,15,17H,5-6,11-14,16H2,1H3. The van der Waals surface area contributed by atoms with Crippen LogP contribution in [0.25, 0.3) is 11.3 Å². The van der Waals surface area contributed by atoms with E-state index in [1.807, 2.05) is 18.3 Å². The predicted octanol–water partition coefficient (Wildman–Crippen LogP) is 3.74. The van der Waals surface area contributed by atoms with Gasteiger partial charge in [-0.2, -0.15) is 0 Å². The zero-order valence-corrected chi connectivity index (χ0v) is 19.1. The molecular formula is C26H26FN5O2. The summed E-state index contributed by atoms with van der Waals surface area (Å²) in [5.74, 6) is 0.367. The lowest BCUT2D eigenvalue weighted by molar-refractivity contribution is 0.0996. The fraction of sp³-hybridized carbons (Fsp3) is 0.346. The average molecular weight is 460 g/mol. The van der Waals surface area contributed by atoms with E-state index in [1.54, 1.807) is 29.3 Å². The normalized spacial score (nSPS) is 18.4. The third-order valence-electron chi connectivity index (χ3n) is 7.03. The topological polar surface area (TPSA) is 61.8 Å². The Bertz CT molecular complexity index is 1240. The Morgan fingerprint density at radius 1 is 1.03 bits per heavy atom. The van der Waals surface area contributed by atoms with Crippen molar-refractivity contribution in [2.24, 2.45) is 0 Å². The van der Waals surface area contributed by atoms with E-state index in [0.29, 0.717) is 28.4 Å². The SMILES string of the molecule is COc1cccc(F)c1-c1nccc2c1CN(c1ccc(N3CCN(C4CC4)CC3)cn1)C2=O. The van der Waals surface area contributed by atoms with Gasteiger partial charge in [0.15, 0.2) is 0 Å². The van der Waals surface area contributed by atoms with Crippen LogP contribution in [0.3, 0.4) is 0 Å². The van der Waals surface area contributed by atoms with Crippen LogP contribution in [-0.4, -0.2) is 60.1 Å². The van der Waals surface area contributed by atoms with Crippen LogP contribution in [0.1, 0.15) is 28.8 Å². The molecule has 1 aliphatic carbocycles. The quantitative estimate of drug-likeness (QED) is 0.579. The Morgan fingerprint density at radius 3 is 2.56 bits per heavy atom. The zero-order chi connectivity index (χ0) is 23.2. The van der Waals surface area contributed by atoms with Crippen molar-refractivity contribution in [1.29, 1.82) is 0 Å². The van der Waals surface area contributed by atoms with Gasteiger partial charge in [-0.25, -0.2) is 9.37 Å². The highest BCUT2D eigenvalue weighted by molar-refractivity contribution is 6.10. The van der Waals surface area contributed by atoms with Crippen LogP contribution in [-0.2, 0) is 6.54 Å². The molecule has 2 fully saturated rings. The first-order valence-corrected chi connectivity index (χ1v) is 11.7. The number of carbonyl (C=O) groups is 1. The maximum absolute atomic E-state index is 14.8. The van der Waals surface area contributed by atoms with E-state index in [0.717, 1.165) is 37.9 Å². The fourth-order valence-corrected chi connectivity index (χ4v) is 5.04. The number of rotatable bonds is 5. The van der Waals surface area contributed by atoms with Crippen molar-refractivity contribution in [3.63, 3.8) is 0 Å². The summed E-state index contributed by atoms with van der Waals surface area (Å²) >= 11 is 0. The summed E-state index contributed by atoms with van der Waals surface area (Å²) in [6, 6.07) is 11.1.